The molecule has 10 aromatic heterocycles. The maximum atomic E-state index is 12.7. The fourth-order valence-corrected chi connectivity index (χ4v) is 18.4. The highest BCUT2D eigenvalue weighted by Crippen LogP contribution is 2.44. The van der Waals surface area contributed by atoms with Gasteiger partial charge in [0.1, 0.15) is 60.5 Å². The van der Waals surface area contributed by atoms with Crippen LogP contribution in [-0.4, -0.2) is 132 Å². The number of nitriles is 4. The number of carbonyl (C=O) groups is 5. The lowest BCUT2D eigenvalue weighted by molar-refractivity contribution is -0.0500. The maximum absolute atomic E-state index is 12.7. The zero-order valence-electron chi connectivity index (χ0n) is 73.5. The number of halogens is 4. The number of nitrogens with one attached hydrogen (secondary N) is 10. The summed E-state index contributed by atoms with van der Waals surface area (Å²) in [4.78, 5) is 102. The second-order valence-electron chi connectivity index (χ2n) is 28.6. The normalized spacial score (nSPS) is 10.7. The fraction of sp³-hybridized carbons (Fsp3) is 0.138. The number of ether oxygens (including phenoxy) is 2. The lowest BCUT2D eigenvalue weighted by Crippen LogP contribution is -2.28. The van der Waals surface area contributed by atoms with E-state index in [-0.39, 0.29) is 57.3 Å². The lowest BCUT2D eigenvalue weighted by Gasteiger charge is -2.11. The number of aromatic nitrogens is 10. The van der Waals surface area contributed by atoms with Crippen molar-refractivity contribution in [3.63, 3.8) is 0 Å². The topological polar surface area (TPSA) is 512 Å². The van der Waals surface area contributed by atoms with E-state index in [9.17, 15) is 50.7 Å². The molecular formula is C94H76BrF3N24O11S6. The average Bonchev–Trinajstić information content (AvgIpc) is 1.67. The number of alkyl halides is 3. The first kappa shape index (κ1) is 99.9. The molecule has 35 nitrogen and oxygen atoms in total. The largest absolute Gasteiger partial charge is 0.534 e. The van der Waals surface area contributed by atoms with E-state index in [1.165, 1.54) is 82.1 Å². The molecule has 0 unspecified atom stereocenters. The van der Waals surface area contributed by atoms with E-state index in [1.54, 1.807) is 61.9 Å². The third-order valence-electron chi connectivity index (χ3n) is 18.8. The van der Waals surface area contributed by atoms with Gasteiger partial charge < -0.3 is 45.3 Å². The number of hydrogen-bond donors (Lipinski definition) is 11. The molecule has 0 radical (unpaired) electrons. The number of fused-ring (bicyclic) bond motifs is 5. The maximum Gasteiger partial charge on any atom is 0.534 e. The van der Waals surface area contributed by atoms with Crippen molar-refractivity contribution in [2.45, 2.75) is 53.3 Å². The second kappa shape index (κ2) is 47.1. The van der Waals surface area contributed by atoms with Gasteiger partial charge in [0, 0.05) is 126 Å². The Morgan fingerprint density at radius 3 is 1.05 bits per heavy atom. The van der Waals surface area contributed by atoms with Gasteiger partial charge in [-0.15, -0.1) is 0 Å². The van der Waals surface area contributed by atoms with Crippen LogP contribution < -0.4 is 66.8 Å². The van der Waals surface area contributed by atoms with E-state index < -0.39 is 27.4 Å². The van der Waals surface area contributed by atoms with Crippen LogP contribution in [0.25, 0.3) is 107 Å². The van der Waals surface area contributed by atoms with Crippen molar-refractivity contribution in [2.24, 2.45) is 0 Å². The number of amides is 10. The summed E-state index contributed by atoms with van der Waals surface area (Å²) in [6, 6.07) is 60.1. The quantitative estimate of drug-likeness (QED) is 0.0209. The molecule has 0 saturated heterocycles. The van der Waals surface area contributed by atoms with Crippen LogP contribution in [0.2, 0.25) is 0 Å². The minimum Gasteiger partial charge on any atom is -0.508 e. The Labute approximate surface area is 818 Å². The van der Waals surface area contributed by atoms with Crippen molar-refractivity contribution in [1.29, 1.82) is 21.0 Å². The number of anilines is 5. The number of nitrogens with zero attached hydrogens (tertiary/aromatic N) is 14. The molecule has 0 aliphatic carbocycles. The molecule has 0 atom stereocenters. The smallest absolute Gasteiger partial charge is 0.508 e. The summed E-state index contributed by atoms with van der Waals surface area (Å²) in [6.07, 6.45) is 9.32. The Balaban J connectivity index is 0.000000147. The summed E-state index contributed by atoms with van der Waals surface area (Å²) in [7, 11) is -5.92. The standard InChI is InChI=1S/C23H19N5O2S.C21H16N6OS.C17H16BrN3O2S.C17H12F3N5O4S2.C16H13N5O2S/c1-2-25-22(29)28-23-27-20-11-17(30-14-15-6-4-3-5-7-15)10-18(21(20)31-23)19-9-8-16(12-24)13-26-19;1-2-24-20(28)27-21-26-18-9-15(14-4-3-7-23-12-14)8-16(19(18)29-21)17-6-5-13(10-22)11-25-17;1-2-19-16(22)21-17-20-14-9-12(8-13(18)15(14)24-17)23-10-11-6-4-3-5-7-11;1-2-22-15(26)25-16-24-13-6-10(29-31(27,28)17(18,19)20)5-11(14(13)30-16)12-4-3-9(7-21)8-23-12;1-2-18-15(23)21-16-20-13-6-10(22)5-11(14(13)24-16)12-4-3-9(7-17)8-19-12/h3-11,13H,2,14H2,1H3,(H2,25,27,28,29);3-9,11-12H,2H2,1H3,(H2,24,26,27,28);3-9H,2,10H2,1H3,(H2,19,20,21,22);3-6,8H,2H2,1H3,(H2,22,24,25,26);3-6,8,22H,2H2,1H3,(H2,18,20,21,23). The number of aromatic hydroxyl groups is 1. The van der Waals surface area contributed by atoms with E-state index in [0.29, 0.717) is 122 Å². The number of carbonyl (C=O) groups excluding carboxylic acids is 5. The van der Waals surface area contributed by atoms with Gasteiger partial charge in [-0.2, -0.15) is 42.6 Å². The van der Waals surface area contributed by atoms with Gasteiger partial charge in [0.25, 0.3) is 0 Å². The third kappa shape index (κ3) is 26.8. The summed E-state index contributed by atoms with van der Waals surface area (Å²) in [5.41, 5.74) is 7.86. The van der Waals surface area contributed by atoms with Gasteiger partial charge in [0.2, 0.25) is 0 Å². The molecule has 11 N–H and O–H groups in total. The summed E-state index contributed by atoms with van der Waals surface area (Å²) in [5.74, 6) is 0.792. The van der Waals surface area contributed by atoms with E-state index in [2.05, 4.69) is 135 Å². The molecule has 45 heteroatoms. The second-order valence-corrected chi connectivity index (χ2v) is 36.0. The number of thiazole rings is 5. The Hall–Kier alpha value is -16.5. The molecule has 0 bridgehead atoms. The predicted octanol–water partition coefficient (Wildman–Crippen LogP) is 20.8. The highest BCUT2D eigenvalue weighted by Gasteiger charge is 2.49. The Bertz CT molecular complexity index is 7620. The molecule has 0 fully saturated rings. The number of phenols is 1. The minimum atomic E-state index is -5.92. The van der Waals surface area contributed by atoms with Crippen molar-refractivity contribution in [3.05, 3.63) is 257 Å². The van der Waals surface area contributed by atoms with Gasteiger partial charge in [-0.1, -0.05) is 123 Å². The summed E-state index contributed by atoms with van der Waals surface area (Å²) in [6.45, 7) is 12.5. The molecule has 17 aromatic rings. The van der Waals surface area contributed by atoms with Gasteiger partial charge in [-0.3, -0.25) is 51.5 Å². The number of urea groups is 5. The zero-order chi connectivity index (χ0) is 98.7. The Kier molecular flexibility index (Phi) is 33.9. The fourth-order valence-electron chi connectivity index (χ4n) is 12.6. The Morgan fingerprint density at radius 1 is 0.388 bits per heavy atom. The van der Waals surface area contributed by atoms with Crippen molar-refractivity contribution in [3.8, 4) is 103 Å². The highest BCUT2D eigenvalue weighted by atomic mass is 79.9. The van der Waals surface area contributed by atoms with Crippen LogP contribution >= 0.6 is 72.6 Å². The first-order chi connectivity index (χ1) is 67.1. The molecule has 0 aliphatic heterocycles. The zero-order valence-corrected chi connectivity index (χ0v) is 80.0. The molecule has 7 aromatic carbocycles. The number of benzene rings is 7. The van der Waals surface area contributed by atoms with E-state index in [1.807, 2.05) is 155 Å². The molecule has 702 valence electrons. The van der Waals surface area contributed by atoms with Gasteiger partial charge in [-0.05, 0) is 158 Å². The van der Waals surface area contributed by atoms with Gasteiger partial charge in [-0.25, -0.2) is 48.9 Å². The van der Waals surface area contributed by atoms with Crippen molar-refractivity contribution >= 4 is 190 Å². The number of phenolic OH excluding ortho intramolecular Hbond substituents is 1. The first-order valence-corrected chi connectivity index (χ1v) is 47.9. The lowest BCUT2D eigenvalue weighted by atomic mass is 10.0. The molecule has 139 heavy (non-hydrogen) atoms. The molecule has 17 rings (SSSR count). The van der Waals surface area contributed by atoms with Crippen LogP contribution in [-0.2, 0) is 23.3 Å². The van der Waals surface area contributed by atoms with Gasteiger partial charge in [0.15, 0.2) is 25.7 Å². The van der Waals surface area contributed by atoms with Gasteiger partial charge in [0.05, 0.1) is 96.1 Å². The molecular weight excluding hydrogens is 1970 g/mol. The van der Waals surface area contributed by atoms with Crippen LogP contribution in [0, 0.1) is 45.3 Å². The van der Waals surface area contributed by atoms with Crippen molar-refractivity contribution in [2.75, 3.05) is 59.3 Å². The van der Waals surface area contributed by atoms with Crippen molar-refractivity contribution in [1.82, 2.24) is 76.4 Å². The van der Waals surface area contributed by atoms with E-state index in [4.69, 9.17) is 30.5 Å². The van der Waals surface area contributed by atoms with Crippen LogP contribution in [0.5, 0.6) is 23.0 Å². The summed E-state index contributed by atoms with van der Waals surface area (Å²) in [5, 5.41) is 74.5. The SMILES string of the molecule is CCNC(=O)Nc1nc2cc(-c3cccnc3)cc(-c3ccc(C#N)cn3)c2s1.CCNC(=O)Nc1nc2cc(O)cc(-c3ccc(C#N)cn3)c2s1.CCNC(=O)Nc1nc2cc(OCc3ccccc3)cc(-c3ccc(C#N)cn3)c2s1.CCNC(=O)Nc1nc2cc(OCc3ccccc3)cc(Br)c2s1.CCNC(=O)Nc1nc2cc(OS(=O)(=O)C(F)(F)F)cc(-c3ccc(C#N)cn3)c2s1. The highest BCUT2D eigenvalue weighted by molar-refractivity contribution is 9.10. The van der Waals surface area contributed by atoms with Crippen LogP contribution in [0.4, 0.5) is 62.8 Å². The predicted molar refractivity (Wildman–Crippen MR) is 533 cm³/mol. The van der Waals surface area contributed by atoms with E-state index >= 15 is 0 Å². The Morgan fingerprint density at radius 2 is 0.712 bits per heavy atom. The summed E-state index contributed by atoms with van der Waals surface area (Å²) >= 11 is 10.00. The number of rotatable bonds is 23. The third-order valence-corrected chi connectivity index (χ3v) is 25.7. The number of hydrogen-bond acceptors (Lipinski definition) is 30. The molecule has 10 amide bonds. The minimum absolute atomic E-state index is 0.0542. The summed E-state index contributed by atoms with van der Waals surface area (Å²) < 4.78 is 82.0. The van der Waals surface area contributed by atoms with Crippen LogP contribution in [0.3, 0.4) is 0 Å². The molecule has 0 saturated carbocycles. The van der Waals surface area contributed by atoms with Crippen molar-refractivity contribution < 1.29 is 64.3 Å². The molecule has 10 heterocycles. The van der Waals surface area contributed by atoms with E-state index in [0.717, 1.165) is 103 Å². The number of pyridine rings is 5. The molecule has 0 aliphatic rings. The van der Waals surface area contributed by atoms with Crippen LogP contribution in [0.15, 0.2) is 224 Å². The monoisotopic (exact) mass is 2040 g/mol. The molecule has 0 spiro atoms. The average molecular weight is 2050 g/mol. The first-order valence-electron chi connectivity index (χ1n) is 41.7. The van der Waals surface area contributed by atoms with Crippen LogP contribution in [0.1, 0.15) is 68.0 Å². The van der Waals surface area contributed by atoms with Gasteiger partial charge >= 0.3 is 45.8 Å².